The summed E-state index contributed by atoms with van der Waals surface area (Å²) in [5.41, 5.74) is 0.892. The molecule has 8 nitrogen and oxygen atoms in total. The number of aliphatic hydroxyl groups is 1. The van der Waals surface area contributed by atoms with Crippen molar-refractivity contribution in [2.45, 2.75) is 16.1 Å². The first-order valence-corrected chi connectivity index (χ1v) is 13.9. The number of fused-ring (bicyclic) bond motifs is 1. The Labute approximate surface area is 235 Å². The predicted molar refractivity (Wildman–Crippen MR) is 150 cm³/mol. The highest BCUT2D eigenvalue weighted by atomic mass is 32.2. The highest BCUT2D eigenvalue weighted by Crippen LogP contribution is 2.44. The molecule has 3 aromatic carbocycles. The minimum absolute atomic E-state index is 0.0106. The molecule has 3 heterocycles. The molecule has 1 aliphatic heterocycles. The Balaban J connectivity index is 1.34. The van der Waals surface area contributed by atoms with Gasteiger partial charge in [0.1, 0.15) is 17.6 Å². The van der Waals surface area contributed by atoms with Crippen molar-refractivity contribution in [3.05, 3.63) is 107 Å². The SMILES string of the molecule is COc1ccc(/C(O)=C2/C(=O)C(=O)N(c3nnc(SCc4cccc5ccccc45)s3)C2c2ccco2)cc1F. The molecule has 1 saturated heterocycles. The minimum Gasteiger partial charge on any atom is -0.507 e. The largest absolute Gasteiger partial charge is 0.507 e. The molecule has 11 heteroatoms. The van der Waals surface area contributed by atoms with E-state index in [-0.39, 0.29) is 27.8 Å². The second-order valence-corrected chi connectivity index (χ2v) is 11.0. The molecule has 1 amide bonds. The third-order valence-electron chi connectivity index (χ3n) is 6.52. The molecule has 1 unspecified atom stereocenters. The van der Waals surface area contributed by atoms with Crippen LogP contribution in [0.3, 0.4) is 0 Å². The van der Waals surface area contributed by atoms with E-state index in [1.165, 1.54) is 37.3 Å². The van der Waals surface area contributed by atoms with Gasteiger partial charge in [-0.2, -0.15) is 0 Å². The van der Waals surface area contributed by atoms with Crippen LogP contribution in [0.15, 0.2) is 93.4 Å². The number of aliphatic hydroxyl groups excluding tert-OH is 1. The van der Waals surface area contributed by atoms with E-state index in [4.69, 9.17) is 9.15 Å². The summed E-state index contributed by atoms with van der Waals surface area (Å²) in [5, 5.41) is 22.0. The number of ether oxygens (including phenoxy) is 1. The van der Waals surface area contributed by atoms with Crippen molar-refractivity contribution >= 4 is 56.5 Å². The Morgan fingerprint density at radius 2 is 1.93 bits per heavy atom. The van der Waals surface area contributed by atoms with Gasteiger partial charge in [-0.05, 0) is 46.7 Å². The second-order valence-electron chi connectivity index (χ2n) is 8.81. The van der Waals surface area contributed by atoms with Crippen molar-refractivity contribution in [2.24, 2.45) is 0 Å². The summed E-state index contributed by atoms with van der Waals surface area (Å²) in [4.78, 5) is 27.7. The lowest BCUT2D eigenvalue weighted by atomic mass is 9.99. The molecule has 1 aliphatic rings. The molecule has 0 saturated carbocycles. The van der Waals surface area contributed by atoms with Crippen LogP contribution in [0.25, 0.3) is 16.5 Å². The van der Waals surface area contributed by atoms with Crippen molar-refractivity contribution < 1.29 is 28.2 Å². The molecule has 5 aromatic rings. The van der Waals surface area contributed by atoms with Crippen LogP contribution in [0.4, 0.5) is 9.52 Å². The Hall–Kier alpha value is -4.48. The number of furan rings is 1. The molecule has 0 radical (unpaired) electrons. The molecule has 0 spiro atoms. The number of rotatable bonds is 7. The van der Waals surface area contributed by atoms with E-state index in [0.717, 1.165) is 38.6 Å². The van der Waals surface area contributed by atoms with E-state index >= 15 is 0 Å². The average Bonchev–Trinajstić information content (AvgIpc) is 3.72. The van der Waals surface area contributed by atoms with E-state index in [1.807, 2.05) is 18.2 Å². The van der Waals surface area contributed by atoms with Gasteiger partial charge >= 0.3 is 5.91 Å². The lowest BCUT2D eigenvalue weighted by molar-refractivity contribution is -0.132. The third kappa shape index (κ3) is 4.52. The van der Waals surface area contributed by atoms with Gasteiger partial charge in [-0.1, -0.05) is 65.6 Å². The maximum atomic E-state index is 14.4. The number of ketones is 1. The standard InChI is InChI=1S/C29H20FN3O5S2/c1-37-21-12-11-17(14-20(21)30)25(34)23-24(22-10-5-13-38-22)33(27(36)26(23)35)28-31-32-29(40-28)39-15-18-8-4-7-16-6-2-3-9-19(16)18/h2-14,24,34H,15H2,1H3/b25-23-. The zero-order chi connectivity index (χ0) is 27.8. The number of thioether (sulfide) groups is 1. The summed E-state index contributed by atoms with van der Waals surface area (Å²) in [7, 11) is 1.32. The molecular weight excluding hydrogens is 553 g/mol. The number of aromatic nitrogens is 2. The van der Waals surface area contributed by atoms with E-state index in [0.29, 0.717) is 10.1 Å². The van der Waals surface area contributed by atoms with Gasteiger partial charge in [-0.3, -0.25) is 14.5 Å². The number of nitrogens with zero attached hydrogens (tertiary/aromatic N) is 3. The van der Waals surface area contributed by atoms with Gasteiger partial charge in [-0.25, -0.2) is 4.39 Å². The first-order chi connectivity index (χ1) is 19.5. The van der Waals surface area contributed by atoms with Crippen LogP contribution in [-0.2, 0) is 15.3 Å². The van der Waals surface area contributed by atoms with Crippen molar-refractivity contribution in [2.75, 3.05) is 12.0 Å². The van der Waals surface area contributed by atoms with Crippen molar-refractivity contribution in [3.63, 3.8) is 0 Å². The smallest absolute Gasteiger partial charge is 0.302 e. The van der Waals surface area contributed by atoms with E-state index in [2.05, 4.69) is 34.5 Å². The number of carbonyl (C=O) groups is 2. The van der Waals surface area contributed by atoms with Gasteiger partial charge in [-0.15, -0.1) is 10.2 Å². The summed E-state index contributed by atoms with van der Waals surface area (Å²) in [5.74, 6) is -2.29. The molecule has 1 N–H and O–H groups in total. The van der Waals surface area contributed by atoms with Gasteiger partial charge in [0.25, 0.3) is 5.78 Å². The molecule has 40 heavy (non-hydrogen) atoms. The monoisotopic (exact) mass is 573 g/mol. The maximum absolute atomic E-state index is 14.4. The molecule has 1 fully saturated rings. The summed E-state index contributed by atoms with van der Waals surface area (Å²) < 4.78 is 25.5. The zero-order valence-corrected chi connectivity index (χ0v) is 22.5. The fraction of sp³-hybridized carbons (Fsp3) is 0.103. The van der Waals surface area contributed by atoms with Crippen LogP contribution >= 0.6 is 23.1 Å². The summed E-state index contributed by atoms with van der Waals surface area (Å²) in [6.07, 6.45) is 1.40. The third-order valence-corrected chi connectivity index (χ3v) is 8.62. The second kappa shape index (κ2) is 10.6. The summed E-state index contributed by atoms with van der Waals surface area (Å²) >= 11 is 2.61. The van der Waals surface area contributed by atoms with E-state index in [9.17, 15) is 19.1 Å². The van der Waals surface area contributed by atoms with E-state index in [1.54, 1.807) is 12.1 Å². The number of hydrogen-bond donors (Lipinski definition) is 1. The molecule has 0 bridgehead atoms. The van der Waals surface area contributed by atoms with Gasteiger partial charge in [0.2, 0.25) is 5.13 Å². The Morgan fingerprint density at radius 1 is 1.10 bits per heavy atom. The van der Waals surface area contributed by atoms with Crippen molar-refractivity contribution in [1.29, 1.82) is 0 Å². The lowest BCUT2D eigenvalue weighted by Gasteiger charge is -2.20. The number of amides is 1. The van der Waals surface area contributed by atoms with Gasteiger partial charge in [0.15, 0.2) is 15.9 Å². The lowest BCUT2D eigenvalue weighted by Crippen LogP contribution is -2.29. The normalized spacial score (nSPS) is 16.6. The Bertz CT molecular complexity index is 1780. The fourth-order valence-electron chi connectivity index (χ4n) is 4.63. The van der Waals surface area contributed by atoms with Crippen LogP contribution in [-0.4, -0.2) is 34.1 Å². The highest BCUT2D eigenvalue weighted by molar-refractivity contribution is 8.00. The number of Topliss-reactive ketones (excluding diaryl/α,β-unsaturated/α-hetero) is 1. The number of halogens is 1. The zero-order valence-electron chi connectivity index (χ0n) is 20.9. The van der Waals surface area contributed by atoms with Crippen LogP contribution in [0, 0.1) is 5.82 Å². The van der Waals surface area contributed by atoms with Crippen molar-refractivity contribution in [3.8, 4) is 5.75 Å². The van der Waals surface area contributed by atoms with Crippen LogP contribution < -0.4 is 9.64 Å². The van der Waals surface area contributed by atoms with Crippen LogP contribution in [0.1, 0.15) is 22.9 Å². The average molecular weight is 574 g/mol. The Morgan fingerprint density at radius 3 is 2.70 bits per heavy atom. The van der Waals surface area contributed by atoms with Gasteiger partial charge in [0.05, 0.1) is 18.9 Å². The van der Waals surface area contributed by atoms with Crippen LogP contribution in [0.5, 0.6) is 5.75 Å². The first kappa shape index (κ1) is 25.8. The minimum atomic E-state index is -1.12. The molecule has 0 aliphatic carbocycles. The van der Waals surface area contributed by atoms with Gasteiger partial charge in [0, 0.05) is 11.3 Å². The number of carbonyl (C=O) groups excluding carboxylic acids is 2. The van der Waals surface area contributed by atoms with Crippen LogP contribution in [0.2, 0.25) is 0 Å². The molecule has 6 rings (SSSR count). The first-order valence-electron chi connectivity index (χ1n) is 12.1. The topological polar surface area (TPSA) is 106 Å². The quantitative estimate of drug-likeness (QED) is 0.0790. The highest BCUT2D eigenvalue weighted by Gasteiger charge is 2.49. The van der Waals surface area contributed by atoms with E-state index < -0.39 is 29.3 Å². The number of hydrogen-bond acceptors (Lipinski definition) is 9. The number of benzene rings is 3. The molecule has 1 atom stereocenters. The number of methoxy groups -OCH3 is 1. The number of anilines is 1. The van der Waals surface area contributed by atoms with Gasteiger partial charge < -0.3 is 14.3 Å². The summed E-state index contributed by atoms with van der Waals surface area (Å²) in [6.45, 7) is 0. The maximum Gasteiger partial charge on any atom is 0.302 e. The Kier molecular flexibility index (Phi) is 6.82. The summed E-state index contributed by atoms with van der Waals surface area (Å²) in [6, 6.07) is 20.0. The molecule has 2 aromatic heterocycles. The molecular formula is C29H20FN3O5S2. The van der Waals surface area contributed by atoms with Crippen molar-refractivity contribution in [1.82, 2.24) is 10.2 Å². The predicted octanol–water partition coefficient (Wildman–Crippen LogP) is 6.35. The fourth-order valence-corrected chi connectivity index (χ4v) is 6.50. The molecule has 200 valence electrons.